The molecule has 0 spiro atoms. The van der Waals surface area contributed by atoms with Gasteiger partial charge in [-0.1, -0.05) is 0 Å². The zero-order valence-corrected chi connectivity index (χ0v) is 11.8. The average Bonchev–Trinajstić information content (AvgIpc) is 2.78. The molecule has 18 heavy (non-hydrogen) atoms. The number of hydrogen-bond acceptors (Lipinski definition) is 5. The SMILES string of the molecule is CCOC(=O)C(CCN1CCC(COC)C1)NC. The maximum absolute atomic E-state index is 11.6. The van der Waals surface area contributed by atoms with Gasteiger partial charge >= 0.3 is 5.97 Å². The summed E-state index contributed by atoms with van der Waals surface area (Å²) in [5.74, 6) is 0.498. The Labute approximate surface area is 110 Å². The third-order valence-corrected chi connectivity index (χ3v) is 3.43. The molecule has 106 valence electrons. The molecule has 1 aliphatic heterocycles. The molecule has 1 heterocycles. The molecule has 1 N–H and O–H groups in total. The van der Waals surface area contributed by atoms with Crippen LogP contribution in [-0.4, -0.2) is 63.9 Å². The van der Waals surface area contributed by atoms with Gasteiger partial charge in [0.15, 0.2) is 0 Å². The lowest BCUT2D eigenvalue weighted by atomic mass is 10.1. The Hall–Kier alpha value is -0.650. The number of likely N-dealkylation sites (N-methyl/N-ethyl adjacent to an activating group) is 1. The number of methoxy groups -OCH3 is 1. The number of nitrogens with one attached hydrogen (secondary N) is 1. The summed E-state index contributed by atoms with van der Waals surface area (Å²) in [5.41, 5.74) is 0. The van der Waals surface area contributed by atoms with E-state index in [1.54, 1.807) is 14.2 Å². The minimum Gasteiger partial charge on any atom is -0.465 e. The van der Waals surface area contributed by atoms with Crippen molar-refractivity contribution in [3.05, 3.63) is 0 Å². The number of likely N-dealkylation sites (tertiary alicyclic amines) is 1. The molecular weight excluding hydrogens is 232 g/mol. The van der Waals surface area contributed by atoms with Crippen LogP contribution in [0.1, 0.15) is 19.8 Å². The van der Waals surface area contributed by atoms with E-state index in [-0.39, 0.29) is 12.0 Å². The van der Waals surface area contributed by atoms with Crippen LogP contribution in [0, 0.1) is 5.92 Å². The highest BCUT2D eigenvalue weighted by Gasteiger charge is 2.24. The summed E-state index contributed by atoms with van der Waals surface area (Å²) in [6.07, 6.45) is 1.99. The minimum atomic E-state index is -0.188. The standard InChI is InChI=1S/C13H26N2O3/c1-4-18-13(16)12(14-2)6-8-15-7-5-11(9-15)10-17-3/h11-12,14H,4-10H2,1-3H3. The molecule has 0 bridgehead atoms. The van der Waals surface area contributed by atoms with Gasteiger partial charge in [-0.25, -0.2) is 0 Å². The third-order valence-electron chi connectivity index (χ3n) is 3.43. The number of carbonyl (C=O) groups is 1. The smallest absolute Gasteiger partial charge is 0.323 e. The molecule has 2 unspecified atom stereocenters. The van der Waals surface area contributed by atoms with Gasteiger partial charge < -0.3 is 19.7 Å². The Morgan fingerprint density at radius 1 is 1.56 bits per heavy atom. The monoisotopic (exact) mass is 258 g/mol. The topological polar surface area (TPSA) is 50.8 Å². The predicted molar refractivity (Wildman–Crippen MR) is 70.5 cm³/mol. The lowest BCUT2D eigenvalue weighted by Crippen LogP contribution is -2.38. The summed E-state index contributed by atoms with van der Waals surface area (Å²) < 4.78 is 10.2. The van der Waals surface area contributed by atoms with Crippen LogP contribution in [0.15, 0.2) is 0 Å². The summed E-state index contributed by atoms with van der Waals surface area (Å²) >= 11 is 0. The highest BCUT2D eigenvalue weighted by atomic mass is 16.5. The van der Waals surface area contributed by atoms with Crippen molar-refractivity contribution >= 4 is 5.97 Å². The van der Waals surface area contributed by atoms with E-state index in [0.717, 1.165) is 32.7 Å². The lowest BCUT2D eigenvalue weighted by Gasteiger charge is -2.20. The van der Waals surface area contributed by atoms with Crippen molar-refractivity contribution in [2.75, 3.05) is 47.0 Å². The first-order valence-electron chi connectivity index (χ1n) is 6.76. The predicted octanol–water partition coefficient (Wildman–Crippen LogP) is 0.496. The summed E-state index contributed by atoms with van der Waals surface area (Å²) in [4.78, 5) is 14.0. The van der Waals surface area contributed by atoms with E-state index < -0.39 is 0 Å². The second kappa shape index (κ2) is 8.45. The summed E-state index contributed by atoms with van der Waals surface area (Å²) in [5, 5.41) is 3.02. The molecule has 0 amide bonds. The summed E-state index contributed by atoms with van der Waals surface area (Å²) in [6.45, 7) is 6.23. The van der Waals surface area contributed by atoms with E-state index in [0.29, 0.717) is 12.5 Å². The first kappa shape index (κ1) is 15.4. The van der Waals surface area contributed by atoms with Crippen LogP contribution >= 0.6 is 0 Å². The number of esters is 1. The zero-order valence-electron chi connectivity index (χ0n) is 11.8. The molecule has 0 aliphatic carbocycles. The number of nitrogens with zero attached hydrogens (tertiary/aromatic N) is 1. The molecule has 5 nitrogen and oxygen atoms in total. The van der Waals surface area contributed by atoms with Gasteiger partial charge in [-0.2, -0.15) is 0 Å². The fraction of sp³-hybridized carbons (Fsp3) is 0.923. The van der Waals surface area contributed by atoms with Crippen LogP contribution in [0.5, 0.6) is 0 Å². The number of carbonyl (C=O) groups excluding carboxylic acids is 1. The van der Waals surface area contributed by atoms with E-state index in [4.69, 9.17) is 9.47 Å². The molecule has 0 aromatic carbocycles. The van der Waals surface area contributed by atoms with Gasteiger partial charge in [-0.15, -0.1) is 0 Å². The Morgan fingerprint density at radius 2 is 2.33 bits per heavy atom. The Bertz CT molecular complexity index is 248. The van der Waals surface area contributed by atoms with Crippen LogP contribution in [-0.2, 0) is 14.3 Å². The van der Waals surface area contributed by atoms with Crippen molar-refractivity contribution in [2.24, 2.45) is 5.92 Å². The van der Waals surface area contributed by atoms with E-state index in [2.05, 4.69) is 10.2 Å². The van der Waals surface area contributed by atoms with E-state index >= 15 is 0 Å². The van der Waals surface area contributed by atoms with Gasteiger partial charge in [0.1, 0.15) is 6.04 Å². The van der Waals surface area contributed by atoms with Gasteiger partial charge in [0, 0.05) is 20.2 Å². The first-order valence-corrected chi connectivity index (χ1v) is 6.76. The fourth-order valence-electron chi connectivity index (χ4n) is 2.42. The molecule has 1 saturated heterocycles. The Morgan fingerprint density at radius 3 is 2.94 bits per heavy atom. The van der Waals surface area contributed by atoms with E-state index in [1.807, 2.05) is 6.92 Å². The highest BCUT2D eigenvalue weighted by molar-refractivity contribution is 5.75. The van der Waals surface area contributed by atoms with Crippen LogP contribution in [0.4, 0.5) is 0 Å². The van der Waals surface area contributed by atoms with Gasteiger partial charge in [0.05, 0.1) is 13.2 Å². The van der Waals surface area contributed by atoms with Gasteiger partial charge in [0.2, 0.25) is 0 Å². The van der Waals surface area contributed by atoms with Crippen LogP contribution in [0.2, 0.25) is 0 Å². The van der Waals surface area contributed by atoms with Crippen molar-refractivity contribution in [2.45, 2.75) is 25.8 Å². The number of rotatable bonds is 8. The largest absolute Gasteiger partial charge is 0.465 e. The maximum Gasteiger partial charge on any atom is 0.323 e. The highest BCUT2D eigenvalue weighted by Crippen LogP contribution is 2.16. The molecule has 0 aromatic heterocycles. The zero-order chi connectivity index (χ0) is 13.4. The molecule has 0 aromatic rings. The van der Waals surface area contributed by atoms with Crippen LogP contribution in [0.25, 0.3) is 0 Å². The van der Waals surface area contributed by atoms with Crippen LogP contribution < -0.4 is 5.32 Å². The van der Waals surface area contributed by atoms with Crippen molar-refractivity contribution in [1.29, 1.82) is 0 Å². The van der Waals surface area contributed by atoms with Crippen molar-refractivity contribution in [1.82, 2.24) is 10.2 Å². The second-order valence-electron chi connectivity index (χ2n) is 4.79. The maximum atomic E-state index is 11.6. The summed E-state index contributed by atoms with van der Waals surface area (Å²) in [6, 6.07) is -0.188. The molecule has 1 aliphatic rings. The molecule has 1 fully saturated rings. The van der Waals surface area contributed by atoms with Gasteiger partial charge in [0.25, 0.3) is 0 Å². The van der Waals surface area contributed by atoms with E-state index in [9.17, 15) is 4.79 Å². The molecule has 0 saturated carbocycles. The van der Waals surface area contributed by atoms with Crippen molar-refractivity contribution in [3.8, 4) is 0 Å². The van der Waals surface area contributed by atoms with Gasteiger partial charge in [-0.3, -0.25) is 4.79 Å². The van der Waals surface area contributed by atoms with Crippen molar-refractivity contribution < 1.29 is 14.3 Å². The molecule has 0 radical (unpaired) electrons. The number of ether oxygens (including phenoxy) is 2. The average molecular weight is 258 g/mol. The lowest BCUT2D eigenvalue weighted by molar-refractivity contribution is -0.145. The normalized spacial score (nSPS) is 22.1. The van der Waals surface area contributed by atoms with Crippen molar-refractivity contribution in [3.63, 3.8) is 0 Å². The van der Waals surface area contributed by atoms with Crippen LogP contribution in [0.3, 0.4) is 0 Å². The molecule has 2 atom stereocenters. The summed E-state index contributed by atoms with van der Waals surface area (Å²) in [7, 11) is 3.56. The third kappa shape index (κ3) is 4.92. The molecule has 5 heteroatoms. The quantitative estimate of drug-likeness (QED) is 0.642. The number of hydrogen-bond donors (Lipinski definition) is 1. The fourth-order valence-corrected chi connectivity index (χ4v) is 2.42. The first-order chi connectivity index (χ1) is 8.71. The Balaban J connectivity index is 2.25. The second-order valence-corrected chi connectivity index (χ2v) is 4.79. The molecule has 1 rings (SSSR count). The van der Waals surface area contributed by atoms with E-state index in [1.165, 1.54) is 6.42 Å². The Kier molecular flexibility index (Phi) is 7.23. The van der Waals surface area contributed by atoms with Gasteiger partial charge in [-0.05, 0) is 39.3 Å². The molecular formula is C13H26N2O3. The minimum absolute atomic E-state index is 0.146.